The lowest BCUT2D eigenvalue weighted by molar-refractivity contribution is 0.0710. The number of imidazole rings is 1. The smallest absolute Gasteiger partial charge is 0.255 e. The van der Waals surface area contributed by atoms with Crippen LogP contribution in [0, 0.1) is 0 Å². The first-order valence-corrected chi connectivity index (χ1v) is 10.7. The summed E-state index contributed by atoms with van der Waals surface area (Å²) in [5, 5.41) is 0. The van der Waals surface area contributed by atoms with E-state index in [9.17, 15) is 4.79 Å². The minimum Gasteiger partial charge on any atom is -0.339 e. The Labute approximate surface area is 181 Å². The van der Waals surface area contributed by atoms with Crippen LogP contribution in [0.3, 0.4) is 0 Å². The van der Waals surface area contributed by atoms with Gasteiger partial charge in [0, 0.05) is 50.0 Å². The zero-order chi connectivity index (χ0) is 21.0. The van der Waals surface area contributed by atoms with Crippen molar-refractivity contribution < 1.29 is 4.79 Å². The molecule has 0 bridgehead atoms. The van der Waals surface area contributed by atoms with E-state index in [1.807, 2.05) is 95.0 Å². The van der Waals surface area contributed by atoms with Gasteiger partial charge in [-0.15, -0.1) is 0 Å². The minimum absolute atomic E-state index is 0.0968. The van der Waals surface area contributed by atoms with E-state index in [1.165, 1.54) is 0 Å². The number of likely N-dealkylation sites (tertiary alicyclic amines) is 1. The third kappa shape index (κ3) is 4.01. The fourth-order valence-electron chi connectivity index (χ4n) is 4.37. The molecule has 1 aliphatic heterocycles. The van der Waals surface area contributed by atoms with Crippen LogP contribution in [-0.2, 0) is 6.54 Å². The number of amides is 1. The zero-order valence-corrected chi connectivity index (χ0v) is 17.3. The van der Waals surface area contributed by atoms with E-state index in [0.717, 1.165) is 55.2 Å². The summed E-state index contributed by atoms with van der Waals surface area (Å²) in [7, 11) is 0. The average Bonchev–Trinajstić information content (AvgIpc) is 3.52. The van der Waals surface area contributed by atoms with Gasteiger partial charge in [-0.1, -0.05) is 18.2 Å². The molecule has 1 fully saturated rings. The molecule has 1 aliphatic rings. The predicted octanol–water partition coefficient (Wildman–Crippen LogP) is 4.14. The van der Waals surface area contributed by atoms with Crippen LogP contribution in [0.5, 0.6) is 0 Å². The molecule has 6 nitrogen and oxygen atoms in total. The van der Waals surface area contributed by atoms with Crippen molar-refractivity contribution in [3.63, 3.8) is 0 Å². The number of pyridine rings is 1. The summed E-state index contributed by atoms with van der Waals surface area (Å²) in [6.45, 7) is 2.19. The van der Waals surface area contributed by atoms with E-state index in [2.05, 4.69) is 14.5 Å². The highest BCUT2D eigenvalue weighted by atomic mass is 16.2. The monoisotopic (exact) mass is 411 g/mol. The molecule has 156 valence electrons. The lowest BCUT2D eigenvalue weighted by atomic mass is 9.95. The van der Waals surface area contributed by atoms with Crippen molar-refractivity contribution in [1.82, 2.24) is 24.0 Å². The first kappa shape index (κ1) is 19.3. The normalized spacial score (nSPS) is 14.6. The summed E-state index contributed by atoms with van der Waals surface area (Å²) in [4.78, 5) is 24.4. The molecule has 1 saturated heterocycles. The topological polar surface area (TPSA) is 56.0 Å². The van der Waals surface area contributed by atoms with Gasteiger partial charge in [0.05, 0.1) is 23.5 Å². The molecule has 0 spiro atoms. The maximum atomic E-state index is 13.3. The standard InChI is InChI=1S/C25H25N5O/c31-25(22-8-1-2-9-23(22)28-14-5-6-15-28)29-16-10-20(11-17-29)24-27-13-18-30(24)19-21-7-3-4-12-26-21/h1-9,12-15,18,20H,10-11,16-17,19H2. The number of hydrogen-bond acceptors (Lipinski definition) is 3. The number of aromatic nitrogens is 4. The maximum Gasteiger partial charge on any atom is 0.255 e. The summed E-state index contributed by atoms with van der Waals surface area (Å²) >= 11 is 0. The van der Waals surface area contributed by atoms with Crippen molar-refractivity contribution >= 4 is 5.91 Å². The quantitative estimate of drug-likeness (QED) is 0.496. The van der Waals surface area contributed by atoms with Crippen LogP contribution in [0.1, 0.15) is 40.6 Å². The van der Waals surface area contributed by atoms with Gasteiger partial charge >= 0.3 is 0 Å². The average molecular weight is 412 g/mol. The van der Waals surface area contributed by atoms with E-state index >= 15 is 0 Å². The van der Waals surface area contributed by atoms with E-state index in [-0.39, 0.29) is 5.91 Å². The highest BCUT2D eigenvalue weighted by molar-refractivity contribution is 5.97. The van der Waals surface area contributed by atoms with Crippen molar-refractivity contribution in [2.24, 2.45) is 0 Å². The molecule has 5 rings (SSSR count). The van der Waals surface area contributed by atoms with Gasteiger partial charge in [-0.3, -0.25) is 9.78 Å². The molecule has 0 unspecified atom stereocenters. The Morgan fingerprint density at radius 1 is 0.871 bits per heavy atom. The number of carbonyl (C=O) groups is 1. The maximum absolute atomic E-state index is 13.3. The highest BCUT2D eigenvalue weighted by Gasteiger charge is 2.28. The summed E-state index contributed by atoms with van der Waals surface area (Å²) in [5.74, 6) is 1.53. The summed E-state index contributed by atoms with van der Waals surface area (Å²) in [6.07, 6.45) is 11.5. The van der Waals surface area contributed by atoms with Crippen LogP contribution in [0.25, 0.3) is 5.69 Å². The number of piperidine rings is 1. The van der Waals surface area contributed by atoms with E-state index in [4.69, 9.17) is 0 Å². The van der Waals surface area contributed by atoms with Crippen molar-refractivity contribution in [2.75, 3.05) is 13.1 Å². The summed E-state index contributed by atoms with van der Waals surface area (Å²) in [6, 6.07) is 17.7. The van der Waals surface area contributed by atoms with Gasteiger partial charge in [-0.25, -0.2) is 4.98 Å². The van der Waals surface area contributed by atoms with Crippen LogP contribution in [-0.4, -0.2) is 43.0 Å². The Kier molecular flexibility index (Phi) is 5.35. The lowest BCUT2D eigenvalue weighted by Gasteiger charge is -2.32. The van der Waals surface area contributed by atoms with Gasteiger partial charge in [0.25, 0.3) is 5.91 Å². The molecule has 4 aromatic rings. The van der Waals surface area contributed by atoms with E-state index < -0.39 is 0 Å². The molecule has 1 amide bonds. The van der Waals surface area contributed by atoms with Gasteiger partial charge < -0.3 is 14.0 Å². The van der Waals surface area contributed by atoms with Crippen LogP contribution < -0.4 is 0 Å². The second kappa shape index (κ2) is 8.60. The van der Waals surface area contributed by atoms with Gasteiger partial charge in [-0.2, -0.15) is 0 Å². The van der Waals surface area contributed by atoms with Gasteiger partial charge in [0.2, 0.25) is 0 Å². The Morgan fingerprint density at radius 2 is 1.65 bits per heavy atom. The number of nitrogens with zero attached hydrogens (tertiary/aromatic N) is 5. The minimum atomic E-state index is 0.0968. The second-order valence-electron chi connectivity index (χ2n) is 7.91. The molecular formula is C25H25N5O. The number of hydrogen-bond donors (Lipinski definition) is 0. The Bertz CT molecular complexity index is 1140. The Morgan fingerprint density at radius 3 is 2.42 bits per heavy atom. The first-order valence-electron chi connectivity index (χ1n) is 10.7. The number of para-hydroxylation sites is 1. The van der Waals surface area contributed by atoms with E-state index in [0.29, 0.717) is 5.92 Å². The van der Waals surface area contributed by atoms with Crippen molar-refractivity contribution in [3.8, 4) is 5.69 Å². The molecule has 1 aromatic carbocycles. The molecule has 0 saturated carbocycles. The largest absolute Gasteiger partial charge is 0.339 e. The molecule has 0 atom stereocenters. The highest BCUT2D eigenvalue weighted by Crippen LogP contribution is 2.29. The predicted molar refractivity (Wildman–Crippen MR) is 119 cm³/mol. The molecule has 3 aromatic heterocycles. The van der Waals surface area contributed by atoms with Crippen molar-refractivity contribution in [3.05, 3.63) is 103 Å². The Balaban J connectivity index is 1.28. The molecule has 0 radical (unpaired) electrons. The fourth-order valence-corrected chi connectivity index (χ4v) is 4.37. The summed E-state index contributed by atoms with van der Waals surface area (Å²) in [5.41, 5.74) is 2.69. The SMILES string of the molecule is O=C(c1ccccc1-n1cccc1)N1CCC(c2nccn2Cc2ccccn2)CC1. The first-order chi connectivity index (χ1) is 15.3. The summed E-state index contributed by atoms with van der Waals surface area (Å²) < 4.78 is 4.18. The van der Waals surface area contributed by atoms with Gasteiger partial charge in [-0.05, 0) is 49.2 Å². The van der Waals surface area contributed by atoms with Crippen LogP contribution in [0.2, 0.25) is 0 Å². The van der Waals surface area contributed by atoms with Crippen molar-refractivity contribution in [1.29, 1.82) is 0 Å². The van der Waals surface area contributed by atoms with Crippen LogP contribution in [0.15, 0.2) is 85.6 Å². The van der Waals surface area contributed by atoms with Gasteiger partial charge in [0.15, 0.2) is 0 Å². The molecule has 0 aliphatic carbocycles. The number of benzene rings is 1. The lowest BCUT2D eigenvalue weighted by Crippen LogP contribution is -2.38. The second-order valence-corrected chi connectivity index (χ2v) is 7.91. The number of carbonyl (C=O) groups excluding carboxylic acids is 1. The number of rotatable bonds is 5. The van der Waals surface area contributed by atoms with Crippen LogP contribution >= 0.6 is 0 Å². The fraction of sp³-hybridized carbons (Fsp3) is 0.240. The molecular weight excluding hydrogens is 386 g/mol. The van der Waals surface area contributed by atoms with Gasteiger partial charge in [0.1, 0.15) is 5.82 Å². The third-order valence-corrected chi connectivity index (χ3v) is 5.97. The van der Waals surface area contributed by atoms with Crippen LogP contribution in [0.4, 0.5) is 0 Å². The molecule has 4 heterocycles. The molecule has 31 heavy (non-hydrogen) atoms. The molecule has 0 N–H and O–H groups in total. The Hall–Kier alpha value is -3.67. The third-order valence-electron chi connectivity index (χ3n) is 5.97. The van der Waals surface area contributed by atoms with Crippen molar-refractivity contribution in [2.45, 2.75) is 25.3 Å². The molecule has 6 heteroatoms. The van der Waals surface area contributed by atoms with E-state index in [1.54, 1.807) is 0 Å². The zero-order valence-electron chi connectivity index (χ0n) is 17.3.